The highest BCUT2D eigenvalue weighted by molar-refractivity contribution is 6.30. The molecular weight excluding hydrogens is 248 g/mol. The van der Waals surface area contributed by atoms with Gasteiger partial charge < -0.3 is 0 Å². The Labute approximate surface area is 111 Å². The minimum Gasteiger partial charge on any atom is -0.299 e. The summed E-state index contributed by atoms with van der Waals surface area (Å²) < 4.78 is 0. The summed E-state index contributed by atoms with van der Waals surface area (Å²) in [6.45, 7) is 1.77. The molecule has 92 valence electrons. The molecule has 0 amide bonds. The molecule has 2 unspecified atom stereocenters. The van der Waals surface area contributed by atoms with Crippen LogP contribution in [0.15, 0.2) is 30.3 Å². The molecule has 0 N–H and O–H groups in total. The summed E-state index contributed by atoms with van der Waals surface area (Å²) in [5.41, 5.74) is 1.22. The standard InChI is InChI=1S/C15H13ClO2/c1-15-7-6-11(9-2-4-10(16)5-3-9)12(14(15)18)8-13(15)17/h2-6,12H,7-8H2,1H3. The molecule has 1 aromatic carbocycles. The van der Waals surface area contributed by atoms with Crippen LogP contribution in [0.5, 0.6) is 0 Å². The molecular formula is C15H13ClO2. The highest BCUT2D eigenvalue weighted by Gasteiger charge is 2.53. The van der Waals surface area contributed by atoms with Gasteiger partial charge in [0.25, 0.3) is 0 Å². The first kappa shape index (κ1) is 11.7. The van der Waals surface area contributed by atoms with Crippen molar-refractivity contribution in [2.24, 2.45) is 11.3 Å². The predicted octanol–water partition coefficient (Wildman–Crippen LogP) is 3.29. The molecule has 1 saturated carbocycles. The third kappa shape index (κ3) is 1.49. The van der Waals surface area contributed by atoms with Gasteiger partial charge in [0.1, 0.15) is 5.78 Å². The monoisotopic (exact) mass is 260 g/mol. The minimum absolute atomic E-state index is 0.0812. The van der Waals surface area contributed by atoms with E-state index in [9.17, 15) is 9.59 Å². The Morgan fingerprint density at radius 3 is 2.56 bits per heavy atom. The van der Waals surface area contributed by atoms with Crippen molar-refractivity contribution in [3.63, 3.8) is 0 Å². The van der Waals surface area contributed by atoms with Crippen molar-refractivity contribution in [2.75, 3.05) is 0 Å². The van der Waals surface area contributed by atoms with Gasteiger partial charge in [-0.1, -0.05) is 29.8 Å². The number of hydrogen-bond donors (Lipinski definition) is 0. The van der Waals surface area contributed by atoms with Gasteiger partial charge in [-0.3, -0.25) is 9.59 Å². The molecule has 1 aromatic rings. The van der Waals surface area contributed by atoms with E-state index >= 15 is 0 Å². The van der Waals surface area contributed by atoms with Crippen LogP contribution in [0, 0.1) is 11.3 Å². The Bertz CT molecular complexity index is 571. The van der Waals surface area contributed by atoms with E-state index in [1.165, 1.54) is 0 Å². The topological polar surface area (TPSA) is 34.1 Å². The van der Waals surface area contributed by atoms with Gasteiger partial charge in [-0.15, -0.1) is 0 Å². The fourth-order valence-corrected chi connectivity index (χ4v) is 3.03. The number of benzene rings is 1. The van der Waals surface area contributed by atoms with Crippen LogP contribution < -0.4 is 0 Å². The van der Waals surface area contributed by atoms with E-state index < -0.39 is 5.41 Å². The van der Waals surface area contributed by atoms with E-state index in [1.54, 1.807) is 6.92 Å². The molecule has 2 nitrogen and oxygen atoms in total. The Kier molecular flexibility index (Phi) is 2.46. The van der Waals surface area contributed by atoms with Crippen molar-refractivity contribution < 1.29 is 9.59 Å². The number of hydrogen-bond acceptors (Lipinski definition) is 2. The van der Waals surface area contributed by atoms with Crippen LogP contribution in [0.3, 0.4) is 0 Å². The number of carbonyl (C=O) groups is 2. The number of carbonyl (C=O) groups excluding carboxylic acids is 2. The quantitative estimate of drug-likeness (QED) is 0.726. The van der Waals surface area contributed by atoms with E-state index in [0.29, 0.717) is 17.9 Å². The molecule has 2 aliphatic rings. The largest absolute Gasteiger partial charge is 0.299 e. The van der Waals surface area contributed by atoms with Gasteiger partial charge in [0, 0.05) is 11.4 Å². The van der Waals surface area contributed by atoms with Crippen molar-refractivity contribution in [3.8, 4) is 0 Å². The molecule has 0 spiro atoms. The van der Waals surface area contributed by atoms with Gasteiger partial charge in [0.2, 0.25) is 0 Å². The van der Waals surface area contributed by atoms with Crippen LogP contribution in [0.25, 0.3) is 5.57 Å². The molecule has 1 fully saturated rings. The Hall–Kier alpha value is -1.41. The zero-order chi connectivity index (χ0) is 12.9. The number of allylic oxidation sites excluding steroid dienone is 2. The maximum atomic E-state index is 12.3. The zero-order valence-corrected chi connectivity index (χ0v) is 10.8. The second kappa shape index (κ2) is 3.79. The van der Waals surface area contributed by atoms with E-state index in [0.717, 1.165) is 11.1 Å². The number of ketones is 2. The summed E-state index contributed by atoms with van der Waals surface area (Å²) in [7, 11) is 0. The molecule has 2 atom stereocenters. The van der Waals surface area contributed by atoms with Crippen LogP contribution in [0.1, 0.15) is 25.3 Å². The lowest BCUT2D eigenvalue weighted by atomic mass is 9.75. The van der Waals surface area contributed by atoms with Crippen molar-refractivity contribution in [1.29, 1.82) is 0 Å². The SMILES string of the molecule is CC12CC=C(c3ccc(Cl)cc3)C(CC1=O)C2=O. The van der Waals surface area contributed by atoms with Crippen LogP contribution >= 0.6 is 11.6 Å². The lowest BCUT2D eigenvalue weighted by Gasteiger charge is -2.25. The van der Waals surface area contributed by atoms with E-state index in [4.69, 9.17) is 11.6 Å². The molecule has 3 heteroatoms. The number of fused-ring (bicyclic) bond motifs is 2. The average molecular weight is 261 g/mol. The van der Waals surface area contributed by atoms with Crippen molar-refractivity contribution >= 4 is 28.7 Å². The molecule has 0 radical (unpaired) electrons. The highest BCUT2D eigenvalue weighted by atomic mass is 35.5. The third-order valence-corrected chi connectivity index (χ3v) is 4.40. The van der Waals surface area contributed by atoms with Crippen LogP contribution in [0.4, 0.5) is 0 Å². The number of Topliss-reactive ketones (excluding diaryl/α,β-unsaturated/α-hetero) is 2. The van der Waals surface area contributed by atoms with Crippen LogP contribution in [-0.4, -0.2) is 11.6 Å². The molecule has 0 aliphatic heterocycles. The fourth-order valence-electron chi connectivity index (χ4n) is 2.91. The maximum absolute atomic E-state index is 12.3. The fraction of sp³-hybridized carbons (Fsp3) is 0.333. The van der Waals surface area contributed by atoms with Gasteiger partial charge >= 0.3 is 0 Å². The summed E-state index contributed by atoms with van der Waals surface area (Å²) in [6.07, 6.45) is 2.92. The molecule has 0 aromatic heterocycles. The Morgan fingerprint density at radius 2 is 1.89 bits per heavy atom. The molecule has 0 saturated heterocycles. The zero-order valence-electron chi connectivity index (χ0n) is 10.1. The van der Waals surface area contributed by atoms with Crippen LogP contribution in [0.2, 0.25) is 5.02 Å². The molecule has 0 heterocycles. The van der Waals surface area contributed by atoms with Gasteiger partial charge in [-0.25, -0.2) is 0 Å². The highest BCUT2D eigenvalue weighted by Crippen LogP contribution is 2.48. The second-order valence-electron chi connectivity index (χ2n) is 5.25. The summed E-state index contributed by atoms with van der Waals surface area (Å²) in [5.74, 6) is -0.0879. The lowest BCUT2D eigenvalue weighted by molar-refractivity contribution is -0.134. The van der Waals surface area contributed by atoms with Gasteiger partial charge in [0.05, 0.1) is 11.3 Å². The summed E-state index contributed by atoms with van der Waals surface area (Å²) in [5, 5.41) is 0.675. The van der Waals surface area contributed by atoms with Gasteiger partial charge in [0.15, 0.2) is 5.78 Å². The predicted molar refractivity (Wildman–Crippen MR) is 70.3 cm³/mol. The Morgan fingerprint density at radius 1 is 1.22 bits per heavy atom. The lowest BCUT2D eigenvalue weighted by Crippen LogP contribution is -2.32. The maximum Gasteiger partial charge on any atom is 0.154 e. The Balaban J connectivity index is 2.04. The molecule has 3 rings (SSSR count). The van der Waals surface area contributed by atoms with E-state index in [1.807, 2.05) is 30.3 Å². The van der Waals surface area contributed by atoms with Gasteiger partial charge in [-0.2, -0.15) is 0 Å². The van der Waals surface area contributed by atoms with Crippen LogP contribution in [-0.2, 0) is 9.59 Å². The first-order valence-electron chi connectivity index (χ1n) is 6.06. The van der Waals surface area contributed by atoms with E-state index in [-0.39, 0.29) is 17.5 Å². The average Bonchev–Trinajstić information content (AvgIpc) is 2.49. The van der Waals surface area contributed by atoms with Gasteiger partial charge in [-0.05, 0) is 36.6 Å². The first-order valence-corrected chi connectivity index (χ1v) is 6.44. The molecule has 18 heavy (non-hydrogen) atoms. The third-order valence-electron chi connectivity index (χ3n) is 4.15. The molecule has 2 bridgehead atoms. The summed E-state index contributed by atoms with van der Waals surface area (Å²) in [4.78, 5) is 24.2. The minimum atomic E-state index is -0.763. The summed E-state index contributed by atoms with van der Waals surface area (Å²) >= 11 is 5.86. The normalized spacial score (nSPS) is 30.6. The number of halogens is 1. The van der Waals surface area contributed by atoms with E-state index in [2.05, 4.69) is 0 Å². The number of rotatable bonds is 1. The molecule has 2 aliphatic carbocycles. The van der Waals surface area contributed by atoms with Crippen molar-refractivity contribution in [3.05, 3.63) is 40.9 Å². The van der Waals surface area contributed by atoms with Crippen molar-refractivity contribution in [1.82, 2.24) is 0 Å². The second-order valence-corrected chi connectivity index (χ2v) is 5.68. The first-order chi connectivity index (χ1) is 8.52. The van der Waals surface area contributed by atoms with Crippen molar-refractivity contribution in [2.45, 2.75) is 19.8 Å². The summed E-state index contributed by atoms with van der Waals surface area (Å²) in [6, 6.07) is 7.44. The smallest absolute Gasteiger partial charge is 0.154 e.